The van der Waals surface area contributed by atoms with Gasteiger partial charge in [0.1, 0.15) is 28.6 Å². The van der Waals surface area contributed by atoms with Crippen LogP contribution in [0.25, 0.3) is 32.9 Å². The number of hydrogen-bond donors (Lipinski definition) is 3. The molecule has 11 nitrogen and oxygen atoms in total. The number of phenolic OH excluding ortho intramolecular Hbond substituents is 1. The summed E-state index contributed by atoms with van der Waals surface area (Å²) in [6, 6.07) is 4.85. The number of pyridine rings is 1. The van der Waals surface area contributed by atoms with Crippen LogP contribution in [0.1, 0.15) is 38.2 Å². The summed E-state index contributed by atoms with van der Waals surface area (Å²) < 4.78 is 43.7. The molecule has 2 atom stereocenters. The number of carbonyl (C=O) groups is 1. The van der Waals surface area contributed by atoms with E-state index in [2.05, 4.69) is 32.7 Å². The first-order valence-corrected chi connectivity index (χ1v) is 17.1. The summed E-state index contributed by atoms with van der Waals surface area (Å²) >= 11 is 0. The Morgan fingerprint density at radius 3 is 2.73 bits per heavy atom. The molecule has 1 amide bonds. The number of ether oxygens (including phenoxy) is 2. The van der Waals surface area contributed by atoms with Crippen LogP contribution in [0.4, 0.5) is 14.6 Å². The Morgan fingerprint density at radius 2 is 2.00 bits per heavy atom. The van der Waals surface area contributed by atoms with Crippen LogP contribution in [0.3, 0.4) is 0 Å². The number of morpholine rings is 1. The van der Waals surface area contributed by atoms with E-state index in [-0.39, 0.29) is 69.2 Å². The zero-order valence-electron chi connectivity index (χ0n) is 28.4. The molecule has 3 N–H and O–H groups in total. The van der Waals surface area contributed by atoms with Crippen molar-refractivity contribution < 1.29 is 33.3 Å². The lowest BCUT2D eigenvalue weighted by atomic mass is 9.95. The summed E-state index contributed by atoms with van der Waals surface area (Å²) in [4.78, 5) is 30.4. The van der Waals surface area contributed by atoms with E-state index in [1.807, 2.05) is 4.90 Å². The van der Waals surface area contributed by atoms with Crippen molar-refractivity contribution in [2.45, 2.75) is 44.2 Å². The quantitative estimate of drug-likeness (QED) is 0.172. The maximum Gasteiger partial charge on any atom is 0.319 e. The molecule has 2 aromatic carbocycles. The van der Waals surface area contributed by atoms with Gasteiger partial charge in [-0.1, -0.05) is 18.6 Å². The molecular weight excluding hydrogens is 658 g/mol. The highest BCUT2D eigenvalue weighted by molar-refractivity contribution is 6.03. The third-order valence-electron chi connectivity index (χ3n) is 10.1. The summed E-state index contributed by atoms with van der Waals surface area (Å²) in [6.07, 6.45) is 10.8. The highest BCUT2D eigenvalue weighted by Crippen LogP contribution is 2.47. The third kappa shape index (κ3) is 7.17. The summed E-state index contributed by atoms with van der Waals surface area (Å²) in [5.41, 5.74) is -1.48. The molecule has 51 heavy (non-hydrogen) atoms. The number of rotatable bonds is 9. The molecule has 2 saturated heterocycles. The smallest absolute Gasteiger partial charge is 0.319 e. The molecule has 0 bridgehead atoms. The van der Waals surface area contributed by atoms with E-state index in [1.165, 1.54) is 36.5 Å². The Hall–Kier alpha value is -4.90. The summed E-state index contributed by atoms with van der Waals surface area (Å²) in [5, 5.41) is 25.5. The van der Waals surface area contributed by atoms with Crippen molar-refractivity contribution in [1.82, 2.24) is 25.2 Å². The molecule has 1 saturated carbocycles. The summed E-state index contributed by atoms with van der Waals surface area (Å²) in [7, 11) is 0. The minimum Gasteiger partial charge on any atom is -0.508 e. The molecule has 0 spiro atoms. The number of hydrogen-bond acceptors (Lipinski definition) is 10. The molecule has 4 heterocycles. The van der Waals surface area contributed by atoms with Crippen molar-refractivity contribution in [1.29, 1.82) is 0 Å². The van der Waals surface area contributed by atoms with Crippen LogP contribution < -0.4 is 15.0 Å². The van der Waals surface area contributed by atoms with Gasteiger partial charge >= 0.3 is 6.01 Å². The number of amides is 1. The molecule has 2 aliphatic heterocycles. The Balaban J connectivity index is 1.34. The van der Waals surface area contributed by atoms with Gasteiger partial charge in [0.05, 0.1) is 36.4 Å². The van der Waals surface area contributed by atoms with Crippen molar-refractivity contribution in [2.75, 3.05) is 57.4 Å². The first-order chi connectivity index (χ1) is 24.5. The van der Waals surface area contributed by atoms with Crippen LogP contribution >= 0.6 is 0 Å². The second kappa shape index (κ2) is 13.7. The van der Waals surface area contributed by atoms with Crippen molar-refractivity contribution in [3.63, 3.8) is 0 Å². The molecule has 1 aliphatic carbocycles. The van der Waals surface area contributed by atoms with Crippen molar-refractivity contribution >= 4 is 33.4 Å². The van der Waals surface area contributed by atoms with E-state index < -0.39 is 23.3 Å². The third-order valence-corrected chi connectivity index (χ3v) is 10.1. The van der Waals surface area contributed by atoms with E-state index in [9.17, 15) is 19.4 Å². The Bertz CT molecular complexity index is 2060. The second-order valence-corrected chi connectivity index (χ2v) is 14.2. The first-order valence-electron chi connectivity index (χ1n) is 17.1. The van der Waals surface area contributed by atoms with E-state index in [4.69, 9.17) is 20.9 Å². The zero-order valence-corrected chi connectivity index (χ0v) is 28.4. The van der Waals surface area contributed by atoms with Crippen LogP contribution in [0.5, 0.6) is 11.8 Å². The predicted molar refractivity (Wildman–Crippen MR) is 188 cm³/mol. The Morgan fingerprint density at radius 1 is 1.22 bits per heavy atom. The molecule has 0 radical (unpaired) electrons. The number of carbonyl (C=O) groups excluding carboxylic acids is 1. The van der Waals surface area contributed by atoms with Gasteiger partial charge in [0, 0.05) is 61.3 Å². The van der Waals surface area contributed by atoms with Crippen LogP contribution in [0.15, 0.2) is 43.1 Å². The molecule has 3 fully saturated rings. The minimum atomic E-state index is -1.11. The van der Waals surface area contributed by atoms with Gasteiger partial charge < -0.3 is 29.9 Å². The lowest BCUT2D eigenvalue weighted by Crippen LogP contribution is -2.44. The summed E-state index contributed by atoms with van der Waals surface area (Å²) in [6.45, 7) is 10.0. The van der Waals surface area contributed by atoms with Gasteiger partial charge in [-0.15, -0.1) is 6.42 Å². The molecule has 4 aromatic rings. The van der Waals surface area contributed by atoms with Gasteiger partial charge in [-0.2, -0.15) is 9.97 Å². The SMILES string of the molecule is C#Cc1c(F)ccc2cc(O)cc(-c3ncc4c(N5CC[C@@](C)(O)C[C@H](NC(=O)C=C)C5)nc(OCC5(CN6CCOCC6)CC5)nc4c3F)c12. The fourth-order valence-electron chi connectivity index (χ4n) is 7.22. The molecule has 266 valence electrons. The Kier molecular flexibility index (Phi) is 9.26. The van der Waals surface area contributed by atoms with Gasteiger partial charge in [0.15, 0.2) is 5.82 Å². The average molecular weight is 699 g/mol. The van der Waals surface area contributed by atoms with E-state index >= 15 is 4.39 Å². The number of nitrogens with zero attached hydrogens (tertiary/aromatic N) is 5. The molecular formula is C38H40F2N6O5. The fraction of sp³-hybridized carbons (Fsp3) is 0.421. The number of halogens is 2. The van der Waals surface area contributed by atoms with Crippen molar-refractivity contribution in [3.8, 4) is 35.4 Å². The van der Waals surface area contributed by atoms with Gasteiger partial charge in [0.2, 0.25) is 5.91 Å². The van der Waals surface area contributed by atoms with Gasteiger partial charge in [-0.3, -0.25) is 14.7 Å². The van der Waals surface area contributed by atoms with Crippen LogP contribution in [-0.2, 0) is 9.53 Å². The molecule has 3 aliphatic rings. The van der Waals surface area contributed by atoms with Gasteiger partial charge in [-0.05, 0) is 62.3 Å². The first kappa shape index (κ1) is 34.5. The number of fused-ring (bicyclic) bond motifs is 2. The fourth-order valence-corrected chi connectivity index (χ4v) is 7.22. The maximum absolute atomic E-state index is 17.0. The lowest BCUT2D eigenvalue weighted by molar-refractivity contribution is -0.117. The standard InChI is InChI=1S/C38H40F2N6O5/c1-4-26-29(39)7-6-23-16-25(47)17-27(31(23)26)33-32(40)34-28(19-41-33)35(46-11-10-37(3,49)18-24(20-46)42-30(48)5-2)44-36(43-34)51-22-38(8-9-38)21-45-12-14-50-15-13-45/h1,5-7,16-17,19,24,47,49H,2,8-15,18,20-22H2,3H3,(H,42,48)/t24-,37+/m0/s1. The molecule has 2 aromatic heterocycles. The number of terminal acetylenes is 1. The largest absolute Gasteiger partial charge is 0.508 e. The number of aromatic hydroxyl groups is 1. The van der Waals surface area contributed by atoms with Crippen molar-refractivity contribution in [2.24, 2.45) is 5.41 Å². The average Bonchev–Trinajstić information content (AvgIpc) is 3.90. The zero-order chi connectivity index (χ0) is 35.9. The molecule has 7 rings (SSSR count). The van der Waals surface area contributed by atoms with Crippen LogP contribution in [0.2, 0.25) is 0 Å². The Labute approximate surface area is 294 Å². The number of phenols is 1. The maximum atomic E-state index is 17.0. The number of benzene rings is 2. The van der Waals surface area contributed by atoms with Crippen molar-refractivity contribution in [3.05, 3.63) is 60.3 Å². The van der Waals surface area contributed by atoms with Gasteiger partial charge in [0.25, 0.3) is 0 Å². The topological polar surface area (TPSA) is 133 Å². The number of nitrogens with one attached hydrogen (secondary N) is 1. The summed E-state index contributed by atoms with van der Waals surface area (Å²) in [5.74, 6) is 0.603. The highest BCUT2D eigenvalue weighted by Gasteiger charge is 2.45. The van der Waals surface area contributed by atoms with Crippen LogP contribution in [0, 0.1) is 29.4 Å². The second-order valence-electron chi connectivity index (χ2n) is 14.2. The van der Waals surface area contributed by atoms with Crippen LogP contribution in [-0.4, -0.2) is 100 Å². The van der Waals surface area contributed by atoms with Gasteiger partial charge in [-0.25, -0.2) is 8.78 Å². The number of aromatic nitrogens is 3. The number of anilines is 1. The predicted octanol–water partition coefficient (Wildman–Crippen LogP) is 4.32. The minimum absolute atomic E-state index is 0.0411. The van der Waals surface area contributed by atoms with E-state index in [0.29, 0.717) is 44.0 Å². The normalized spacial score (nSPS) is 21.9. The molecule has 0 unspecified atom stereocenters. The number of aliphatic hydroxyl groups is 1. The molecule has 13 heteroatoms. The lowest BCUT2D eigenvalue weighted by Gasteiger charge is -2.30. The monoisotopic (exact) mass is 698 g/mol. The van der Waals surface area contributed by atoms with E-state index in [0.717, 1.165) is 32.5 Å². The highest BCUT2D eigenvalue weighted by atomic mass is 19.1. The van der Waals surface area contributed by atoms with E-state index in [1.54, 1.807) is 6.92 Å².